The SMILES string of the molecule is CCc1ccc(N(C)CC2Cc3ccccc3N2)cc1. The molecule has 1 N–H and O–H groups in total. The number of para-hydroxylation sites is 1. The van der Waals surface area contributed by atoms with Crippen LogP contribution < -0.4 is 10.2 Å². The van der Waals surface area contributed by atoms with Gasteiger partial charge in [-0.2, -0.15) is 0 Å². The Balaban J connectivity index is 1.64. The minimum absolute atomic E-state index is 0.503. The van der Waals surface area contributed by atoms with E-state index < -0.39 is 0 Å². The fraction of sp³-hybridized carbons (Fsp3) is 0.333. The predicted molar refractivity (Wildman–Crippen MR) is 86.6 cm³/mol. The first-order valence-electron chi connectivity index (χ1n) is 7.41. The van der Waals surface area contributed by atoms with Crippen molar-refractivity contribution in [1.82, 2.24) is 0 Å². The monoisotopic (exact) mass is 266 g/mol. The lowest BCUT2D eigenvalue weighted by Crippen LogP contribution is -2.32. The van der Waals surface area contributed by atoms with Gasteiger partial charge in [-0.25, -0.2) is 0 Å². The Hall–Kier alpha value is -1.96. The summed E-state index contributed by atoms with van der Waals surface area (Å²) in [5.41, 5.74) is 5.42. The molecule has 0 amide bonds. The lowest BCUT2D eigenvalue weighted by Gasteiger charge is -2.23. The molecular weight excluding hydrogens is 244 g/mol. The summed E-state index contributed by atoms with van der Waals surface area (Å²) in [5.74, 6) is 0. The zero-order chi connectivity index (χ0) is 13.9. The molecule has 0 fully saturated rings. The number of rotatable bonds is 4. The highest BCUT2D eigenvalue weighted by Gasteiger charge is 2.21. The fourth-order valence-electron chi connectivity index (χ4n) is 2.91. The minimum Gasteiger partial charge on any atom is -0.380 e. The van der Waals surface area contributed by atoms with Gasteiger partial charge in [0, 0.05) is 31.0 Å². The summed E-state index contributed by atoms with van der Waals surface area (Å²) in [4.78, 5) is 2.34. The number of anilines is 2. The summed E-state index contributed by atoms with van der Waals surface area (Å²) in [5, 5.41) is 3.62. The van der Waals surface area contributed by atoms with Crippen LogP contribution in [0, 0.1) is 0 Å². The van der Waals surface area contributed by atoms with Gasteiger partial charge in [0.25, 0.3) is 0 Å². The van der Waals surface area contributed by atoms with Gasteiger partial charge in [0.05, 0.1) is 0 Å². The number of nitrogens with one attached hydrogen (secondary N) is 1. The van der Waals surface area contributed by atoms with Crippen molar-refractivity contribution in [1.29, 1.82) is 0 Å². The maximum atomic E-state index is 3.62. The molecule has 0 aliphatic carbocycles. The Morgan fingerprint density at radius 3 is 2.55 bits per heavy atom. The van der Waals surface area contributed by atoms with E-state index in [4.69, 9.17) is 0 Å². The second-order valence-electron chi connectivity index (χ2n) is 5.60. The van der Waals surface area contributed by atoms with Crippen LogP contribution in [-0.4, -0.2) is 19.6 Å². The van der Waals surface area contributed by atoms with Gasteiger partial charge < -0.3 is 10.2 Å². The molecule has 2 nitrogen and oxygen atoms in total. The van der Waals surface area contributed by atoms with Gasteiger partial charge in [-0.3, -0.25) is 0 Å². The van der Waals surface area contributed by atoms with Crippen LogP contribution >= 0.6 is 0 Å². The molecule has 1 aliphatic heterocycles. The maximum Gasteiger partial charge on any atom is 0.0477 e. The summed E-state index contributed by atoms with van der Waals surface area (Å²) >= 11 is 0. The van der Waals surface area contributed by atoms with Crippen molar-refractivity contribution < 1.29 is 0 Å². The van der Waals surface area contributed by atoms with Crippen molar-refractivity contribution in [2.24, 2.45) is 0 Å². The third-order valence-corrected chi connectivity index (χ3v) is 4.12. The third-order valence-electron chi connectivity index (χ3n) is 4.12. The molecule has 0 saturated carbocycles. The van der Waals surface area contributed by atoms with Gasteiger partial charge in [-0.15, -0.1) is 0 Å². The van der Waals surface area contributed by atoms with E-state index in [0.29, 0.717) is 6.04 Å². The summed E-state index contributed by atoms with van der Waals surface area (Å²) in [6.45, 7) is 3.22. The van der Waals surface area contributed by atoms with Crippen molar-refractivity contribution in [2.45, 2.75) is 25.8 Å². The van der Waals surface area contributed by atoms with Crippen LogP contribution in [0.25, 0.3) is 0 Å². The van der Waals surface area contributed by atoms with E-state index in [0.717, 1.165) is 19.4 Å². The number of nitrogens with zero attached hydrogens (tertiary/aromatic N) is 1. The van der Waals surface area contributed by atoms with E-state index in [2.05, 4.69) is 72.7 Å². The van der Waals surface area contributed by atoms with E-state index in [1.807, 2.05) is 0 Å². The van der Waals surface area contributed by atoms with Crippen LogP contribution in [0.3, 0.4) is 0 Å². The van der Waals surface area contributed by atoms with E-state index >= 15 is 0 Å². The Morgan fingerprint density at radius 1 is 1.10 bits per heavy atom. The molecule has 0 bridgehead atoms. The third kappa shape index (κ3) is 2.64. The summed E-state index contributed by atoms with van der Waals surface area (Å²) in [6, 6.07) is 18.0. The fourth-order valence-corrected chi connectivity index (χ4v) is 2.91. The smallest absolute Gasteiger partial charge is 0.0477 e. The number of aryl methyl sites for hydroxylation is 1. The van der Waals surface area contributed by atoms with E-state index in [-0.39, 0.29) is 0 Å². The second kappa shape index (κ2) is 5.58. The molecule has 1 aliphatic rings. The Labute approximate surface area is 121 Å². The van der Waals surface area contributed by atoms with E-state index in [1.54, 1.807) is 0 Å². The molecule has 0 saturated heterocycles. The van der Waals surface area contributed by atoms with Crippen LogP contribution in [-0.2, 0) is 12.8 Å². The van der Waals surface area contributed by atoms with Crippen molar-refractivity contribution in [3.05, 3.63) is 59.7 Å². The Bertz CT molecular complexity index is 549. The molecule has 20 heavy (non-hydrogen) atoms. The molecule has 104 valence electrons. The lowest BCUT2D eigenvalue weighted by molar-refractivity contribution is 0.725. The van der Waals surface area contributed by atoms with Crippen LogP contribution in [0.2, 0.25) is 0 Å². The van der Waals surface area contributed by atoms with Gasteiger partial charge >= 0.3 is 0 Å². The molecule has 0 radical (unpaired) electrons. The molecule has 3 rings (SSSR count). The van der Waals surface area contributed by atoms with Crippen molar-refractivity contribution in [3.63, 3.8) is 0 Å². The number of fused-ring (bicyclic) bond motifs is 1. The zero-order valence-corrected chi connectivity index (χ0v) is 12.3. The molecule has 1 atom stereocenters. The quantitative estimate of drug-likeness (QED) is 0.907. The van der Waals surface area contributed by atoms with E-state index in [9.17, 15) is 0 Å². The summed E-state index contributed by atoms with van der Waals surface area (Å²) in [7, 11) is 2.17. The first kappa shape index (κ1) is 13.0. The molecular formula is C18H22N2. The predicted octanol–water partition coefficient (Wildman–Crippen LogP) is 3.72. The van der Waals surface area contributed by atoms with Gasteiger partial charge in [0.1, 0.15) is 0 Å². The van der Waals surface area contributed by atoms with Gasteiger partial charge in [0.15, 0.2) is 0 Å². The standard InChI is InChI=1S/C18H22N2/c1-3-14-8-10-17(11-9-14)20(2)13-16-12-15-6-4-5-7-18(15)19-16/h4-11,16,19H,3,12-13H2,1-2H3. The first-order chi connectivity index (χ1) is 9.76. The summed E-state index contributed by atoms with van der Waals surface area (Å²) in [6.07, 6.45) is 2.22. The van der Waals surface area contributed by atoms with Gasteiger partial charge in [-0.05, 0) is 42.2 Å². The van der Waals surface area contributed by atoms with Gasteiger partial charge in [0.2, 0.25) is 0 Å². The van der Waals surface area contributed by atoms with E-state index in [1.165, 1.54) is 22.5 Å². The van der Waals surface area contributed by atoms with Gasteiger partial charge in [-0.1, -0.05) is 37.3 Å². The summed E-state index contributed by atoms with van der Waals surface area (Å²) < 4.78 is 0. The Kier molecular flexibility index (Phi) is 3.64. The molecule has 0 aromatic heterocycles. The average molecular weight is 266 g/mol. The maximum absolute atomic E-state index is 3.62. The van der Waals surface area contributed by atoms with Crippen molar-refractivity contribution in [2.75, 3.05) is 23.8 Å². The number of likely N-dealkylation sites (N-methyl/N-ethyl adjacent to an activating group) is 1. The number of hydrogen-bond acceptors (Lipinski definition) is 2. The first-order valence-corrected chi connectivity index (χ1v) is 7.41. The van der Waals surface area contributed by atoms with Crippen molar-refractivity contribution >= 4 is 11.4 Å². The highest BCUT2D eigenvalue weighted by Crippen LogP contribution is 2.26. The Morgan fingerprint density at radius 2 is 1.85 bits per heavy atom. The molecule has 1 unspecified atom stereocenters. The molecule has 2 aromatic rings. The second-order valence-corrected chi connectivity index (χ2v) is 5.60. The lowest BCUT2D eigenvalue weighted by atomic mass is 10.1. The molecule has 2 heteroatoms. The average Bonchev–Trinajstić information content (AvgIpc) is 2.89. The van der Waals surface area contributed by atoms with Crippen molar-refractivity contribution in [3.8, 4) is 0 Å². The highest BCUT2D eigenvalue weighted by atomic mass is 15.1. The largest absolute Gasteiger partial charge is 0.380 e. The minimum atomic E-state index is 0.503. The highest BCUT2D eigenvalue weighted by molar-refractivity contribution is 5.57. The number of benzene rings is 2. The molecule has 1 heterocycles. The topological polar surface area (TPSA) is 15.3 Å². The van der Waals surface area contributed by atoms with Crippen LogP contribution in [0.4, 0.5) is 11.4 Å². The van der Waals surface area contributed by atoms with Crippen LogP contribution in [0.15, 0.2) is 48.5 Å². The number of hydrogen-bond donors (Lipinski definition) is 1. The normalized spacial score (nSPS) is 16.6. The molecule has 0 spiro atoms. The molecule has 2 aromatic carbocycles. The van der Waals surface area contributed by atoms with Crippen LogP contribution in [0.1, 0.15) is 18.1 Å². The zero-order valence-electron chi connectivity index (χ0n) is 12.3. The van der Waals surface area contributed by atoms with Crippen LogP contribution in [0.5, 0.6) is 0 Å².